The smallest absolute Gasteiger partial charge is 0.310 e. The summed E-state index contributed by atoms with van der Waals surface area (Å²) in [7, 11) is 0. The summed E-state index contributed by atoms with van der Waals surface area (Å²) >= 11 is 1.44. The summed E-state index contributed by atoms with van der Waals surface area (Å²) in [5.41, 5.74) is 2.81. The first-order valence-electron chi connectivity index (χ1n) is 8.47. The topological polar surface area (TPSA) is 109 Å². The third-order valence-electron chi connectivity index (χ3n) is 4.24. The fourth-order valence-electron chi connectivity index (χ4n) is 2.80. The van der Waals surface area contributed by atoms with Crippen molar-refractivity contribution in [2.45, 2.75) is 32.0 Å². The maximum Gasteiger partial charge on any atom is 0.310 e. The molecule has 0 fully saturated rings. The molecule has 4 rings (SSSR count). The molecule has 9 nitrogen and oxygen atoms in total. The lowest BCUT2D eigenvalue weighted by Gasteiger charge is -2.09. The number of hydrogen-bond donors (Lipinski definition) is 0. The van der Waals surface area contributed by atoms with Crippen molar-refractivity contribution in [1.29, 1.82) is 0 Å². The van der Waals surface area contributed by atoms with E-state index in [1.165, 1.54) is 11.8 Å². The third-order valence-corrected chi connectivity index (χ3v) is 4.78. The van der Waals surface area contributed by atoms with Gasteiger partial charge in [0.1, 0.15) is 12.3 Å². The van der Waals surface area contributed by atoms with Crippen LogP contribution >= 0.6 is 11.8 Å². The molecule has 0 spiro atoms. The summed E-state index contributed by atoms with van der Waals surface area (Å²) in [5.74, 6) is 1.17. The second-order valence-electron chi connectivity index (χ2n) is 6.07. The van der Waals surface area contributed by atoms with Crippen molar-refractivity contribution in [2.75, 3.05) is 6.26 Å². The van der Waals surface area contributed by atoms with Crippen LogP contribution in [0.4, 0.5) is 0 Å². The Morgan fingerprint density at radius 1 is 1.29 bits per heavy atom. The molecule has 0 aliphatic carbocycles. The highest BCUT2D eigenvalue weighted by Crippen LogP contribution is 2.21. The molecule has 0 amide bonds. The van der Waals surface area contributed by atoms with Gasteiger partial charge in [0.15, 0.2) is 5.76 Å². The van der Waals surface area contributed by atoms with Gasteiger partial charge in [-0.1, -0.05) is 16.9 Å². The van der Waals surface area contributed by atoms with Crippen molar-refractivity contribution in [2.24, 2.45) is 0 Å². The van der Waals surface area contributed by atoms with Gasteiger partial charge in [0.2, 0.25) is 10.9 Å². The molecule has 0 saturated carbocycles. The van der Waals surface area contributed by atoms with Gasteiger partial charge >= 0.3 is 5.97 Å². The second kappa shape index (κ2) is 7.47. The molecule has 0 aliphatic rings. The van der Waals surface area contributed by atoms with Crippen molar-refractivity contribution in [1.82, 2.24) is 24.7 Å². The van der Waals surface area contributed by atoms with E-state index in [1.54, 1.807) is 29.0 Å². The van der Waals surface area contributed by atoms with E-state index in [2.05, 4.69) is 20.2 Å². The molecule has 0 radical (unpaired) electrons. The Morgan fingerprint density at radius 2 is 2.14 bits per heavy atom. The number of esters is 1. The van der Waals surface area contributed by atoms with E-state index < -0.39 is 0 Å². The number of ether oxygens (including phenoxy) is 1. The van der Waals surface area contributed by atoms with Crippen molar-refractivity contribution in [3.05, 3.63) is 47.1 Å². The van der Waals surface area contributed by atoms with Crippen molar-refractivity contribution in [3.63, 3.8) is 0 Å². The van der Waals surface area contributed by atoms with Gasteiger partial charge in [-0.15, -0.1) is 5.10 Å². The normalized spacial score (nSPS) is 11.2. The number of carbonyl (C=O) groups excluding carboxylic acids is 1. The Morgan fingerprint density at radius 3 is 2.89 bits per heavy atom. The summed E-state index contributed by atoms with van der Waals surface area (Å²) in [6.45, 7) is 3.74. The molecule has 0 bridgehead atoms. The number of hydrogen-bond acceptors (Lipinski definition) is 9. The van der Waals surface area contributed by atoms with Crippen molar-refractivity contribution < 1.29 is 18.5 Å². The first-order valence-corrected chi connectivity index (χ1v) is 9.69. The number of thioether (sulfide) groups is 1. The molecular formula is C18H17N5O4S. The molecule has 0 aromatic carbocycles. The van der Waals surface area contributed by atoms with E-state index in [4.69, 9.17) is 13.7 Å². The largest absolute Gasteiger partial charge is 0.461 e. The van der Waals surface area contributed by atoms with Crippen LogP contribution in [-0.2, 0) is 22.6 Å². The zero-order valence-electron chi connectivity index (χ0n) is 15.5. The molecule has 28 heavy (non-hydrogen) atoms. The molecule has 0 N–H and O–H groups in total. The molecule has 144 valence electrons. The van der Waals surface area contributed by atoms with Gasteiger partial charge in [0, 0.05) is 23.0 Å². The molecule has 4 aromatic heterocycles. The van der Waals surface area contributed by atoms with Crippen molar-refractivity contribution >= 4 is 23.5 Å². The fourth-order valence-corrected chi connectivity index (χ4v) is 3.13. The Hall–Kier alpha value is -3.14. The number of furan rings is 1. The van der Waals surface area contributed by atoms with E-state index in [0.29, 0.717) is 28.1 Å². The molecule has 0 aliphatic heterocycles. The van der Waals surface area contributed by atoms with Crippen LogP contribution in [0.15, 0.2) is 38.6 Å². The highest BCUT2D eigenvalue weighted by atomic mass is 32.2. The number of rotatable bonds is 6. The van der Waals surface area contributed by atoms with Crippen LogP contribution in [0.5, 0.6) is 0 Å². The second-order valence-corrected chi connectivity index (χ2v) is 6.84. The van der Waals surface area contributed by atoms with Crippen LogP contribution in [0.1, 0.15) is 22.6 Å². The summed E-state index contributed by atoms with van der Waals surface area (Å²) in [6, 6.07) is 5.19. The lowest BCUT2D eigenvalue weighted by molar-refractivity contribution is -0.144. The summed E-state index contributed by atoms with van der Waals surface area (Å²) in [6.07, 6.45) is 3.53. The van der Waals surface area contributed by atoms with Crippen LogP contribution in [0, 0.1) is 13.8 Å². The molecule has 4 heterocycles. The predicted molar refractivity (Wildman–Crippen MR) is 99.7 cm³/mol. The number of aromatic nitrogens is 5. The monoisotopic (exact) mass is 399 g/mol. The van der Waals surface area contributed by atoms with Crippen molar-refractivity contribution in [3.8, 4) is 11.5 Å². The molecule has 0 unspecified atom stereocenters. The average molecular weight is 399 g/mol. The number of carbonyl (C=O) groups is 1. The van der Waals surface area contributed by atoms with Crippen LogP contribution in [0.2, 0.25) is 0 Å². The lowest BCUT2D eigenvalue weighted by Crippen LogP contribution is -2.13. The van der Waals surface area contributed by atoms with E-state index in [0.717, 1.165) is 17.0 Å². The standard InChI is InChI=1S/C18H17N5O4S/c1-10-13(11(2)23-17(19-10)20-18(21-23)28-3)8-16(24)26-9-12-7-15(27-22-12)14-5-4-6-25-14/h4-7H,8-9H2,1-3H3. The summed E-state index contributed by atoms with van der Waals surface area (Å²) in [5, 5.41) is 8.91. The fraction of sp³-hybridized carbons (Fsp3) is 0.278. The minimum atomic E-state index is -0.389. The molecule has 0 saturated heterocycles. The van der Waals surface area contributed by atoms with Gasteiger partial charge < -0.3 is 13.7 Å². The average Bonchev–Trinajstić information content (AvgIpc) is 3.43. The minimum absolute atomic E-state index is 0.0107. The highest BCUT2D eigenvalue weighted by Gasteiger charge is 2.17. The molecule has 10 heteroatoms. The zero-order valence-corrected chi connectivity index (χ0v) is 16.3. The summed E-state index contributed by atoms with van der Waals surface area (Å²) < 4.78 is 17.4. The summed E-state index contributed by atoms with van der Waals surface area (Å²) in [4.78, 5) is 21.1. The lowest BCUT2D eigenvalue weighted by atomic mass is 10.1. The van der Waals surface area contributed by atoms with Gasteiger partial charge in [-0.25, -0.2) is 9.50 Å². The van der Waals surface area contributed by atoms with E-state index in [-0.39, 0.29) is 19.0 Å². The van der Waals surface area contributed by atoms with Gasteiger partial charge in [-0.2, -0.15) is 4.98 Å². The van der Waals surface area contributed by atoms with E-state index in [9.17, 15) is 4.79 Å². The van der Waals surface area contributed by atoms with Gasteiger partial charge in [0.05, 0.1) is 12.7 Å². The Kier molecular flexibility index (Phi) is 4.86. The van der Waals surface area contributed by atoms with Crippen LogP contribution in [0.25, 0.3) is 17.3 Å². The van der Waals surface area contributed by atoms with Gasteiger partial charge in [-0.3, -0.25) is 4.79 Å². The molecule has 4 aromatic rings. The predicted octanol–water partition coefficient (Wildman–Crippen LogP) is 3.00. The maximum absolute atomic E-state index is 12.3. The first-order chi connectivity index (χ1) is 13.5. The van der Waals surface area contributed by atoms with Crippen LogP contribution in [-0.4, -0.2) is 37.0 Å². The minimum Gasteiger partial charge on any atom is -0.461 e. The Balaban J connectivity index is 1.45. The third kappa shape index (κ3) is 3.50. The molecular weight excluding hydrogens is 382 g/mol. The highest BCUT2D eigenvalue weighted by molar-refractivity contribution is 7.98. The van der Waals surface area contributed by atoms with E-state index >= 15 is 0 Å². The quantitative estimate of drug-likeness (QED) is 0.357. The Bertz CT molecular complexity index is 1130. The number of aryl methyl sites for hydroxylation is 2. The van der Waals surface area contributed by atoms with Crippen LogP contribution < -0.4 is 0 Å². The maximum atomic E-state index is 12.3. The van der Waals surface area contributed by atoms with Gasteiger partial charge in [0.25, 0.3) is 5.78 Å². The number of fused-ring (bicyclic) bond motifs is 1. The molecule has 0 atom stereocenters. The van der Waals surface area contributed by atoms with Crippen LogP contribution in [0.3, 0.4) is 0 Å². The Labute approximate surface area is 164 Å². The zero-order chi connectivity index (χ0) is 19.7. The first kappa shape index (κ1) is 18.2. The van der Waals surface area contributed by atoms with Gasteiger partial charge in [-0.05, 0) is 32.2 Å². The SMILES string of the molecule is CSc1nc2nc(C)c(CC(=O)OCc3cc(-c4ccco4)on3)c(C)n2n1. The van der Waals surface area contributed by atoms with E-state index in [1.807, 2.05) is 20.1 Å². The number of nitrogens with zero attached hydrogens (tertiary/aromatic N) is 5.